The molecule has 0 aliphatic rings. The van der Waals surface area contributed by atoms with Gasteiger partial charge in [0.15, 0.2) is 0 Å². The quantitative estimate of drug-likeness (QED) is 0.396. The van der Waals surface area contributed by atoms with Gasteiger partial charge >= 0.3 is 5.69 Å². The Morgan fingerprint density at radius 3 is 2.95 bits per heavy atom. The molecule has 0 saturated heterocycles. The minimum Gasteiger partial charge on any atom is -0.382 e. The van der Waals surface area contributed by atoms with Crippen molar-refractivity contribution in [1.82, 2.24) is 4.98 Å². The number of rotatable bonds is 10. The molecule has 0 spiro atoms. The first-order valence-corrected chi connectivity index (χ1v) is 6.14. The van der Waals surface area contributed by atoms with Crippen molar-refractivity contribution in [1.29, 1.82) is 0 Å². The van der Waals surface area contributed by atoms with Crippen LogP contribution in [0.4, 0.5) is 11.4 Å². The molecule has 0 aromatic carbocycles. The highest BCUT2D eigenvalue weighted by atomic mass is 16.6. The number of aromatic nitrogens is 1. The van der Waals surface area contributed by atoms with E-state index < -0.39 is 4.92 Å². The van der Waals surface area contributed by atoms with Crippen molar-refractivity contribution in [3.8, 4) is 0 Å². The molecule has 1 heterocycles. The summed E-state index contributed by atoms with van der Waals surface area (Å²) in [5, 5.41) is 13.8. The van der Waals surface area contributed by atoms with Gasteiger partial charge in [-0.15, -0.1) is 0 Å². The van der Waals surface area contributed by atoms with Gasteiger partial charge in [-0.1, -0.05) is 0 Å². The van der Waals surface area contributed by atoms with E-state index in [2.05, 4.69) is 10.3 Å². The van der Waals surface area contributed by atoms with Crippen LogP contribution in [0.5, 0.6) is 0 Å². The maximum atomic E-state index is 10.8. The molecule has 0 aliphatic heterocycles. The van der Waals surface area contributed by atoms with Crippen LogP contribution in [0, 0.1) is 10.1 Å². The third kappa shape index (κ3) is 6.12. The molecule has 0 saturated carbocycles. The molecule has 0 fully saturated rings. The maximum absolute atomic E-state index is 10.8. The lowest BCUT2D eigenvalue weighted by Crippen LogP contribution is -2.07. The minimum atomic E-state index is -0.441. The molecule has 0 atom stereocenters. The third-order valence-corrected chi connectivity index (χ3v) is 2.46. The van der Waals surface area contributed by atoms with E-state index in [9.17, 15) is 10.1 Å². The average Bonchev–Trinajstić information content (AvgIpc) is 2.42. The highest BCUT2D eigenvalue weighted by molar-refractivity contribution is 5.59. The first kappa shape index (κ1) is 15.3. The largest absolute Gasteiger partial charge is 0.382 e. The van der Waals surface area contributed by atoms with Crippen LogP contribution < -0.4 is 5.32 Å². The lowest BCUT2D eigenvalue weighted by molar-refractivity contribution is -0.384. The molecular formula is C12H19N3O4. The number of nitrogens with one attached hydrogen (secondary N) is 1. The van der Waals surface area contributed by atoms with E-state index in [4.69, 9.17) is 9.47 Å². The summed E-state index contributed by atoms with van der Waals surface area (Å²) < 4.78 is 10.2. The van der Waals surface area contributed by atoms with Gasteiger partial charge in [0.05, 0.1) is 18.1 Å². The monoisotopic (exact) mass is 269 g/mol. The van der Waals surface area contributed by atoms with E-state index in [1.165, 1.54) is 12.4 Å². The van der Waals surface area contributed by atoms with Crippen LogP contribution in [0.2, 0.25) is 0 Å². The van der Waals surface area contributed by atoms with Gasteiger partial charge in [0.25, 0.3) is 0 Å². The number of anilines is 1. The van der Waals surface area contributed by atoms with Gasteiger partial charge in [-0.25, -0.2) is 0 Å². The molecule has 7 nitrogen and oxygen atoms in total. The molecule has 0 radical (unpaired) electrons. The first-order valence-electron chi connectivity index (χ1n) is 6.14. The van der Waals surface area contributed by atoms with Gasteiger partial charge < -0.3 is 14.8 Å². The Labute approximate surface area is 112 Å². The summed E-state index contributed by atoms with van der Waals surface area (Å²) in [5.74, 6) is 0. The number of hydrogen-bond acceptors (Lipinski definition) is 6. The fourth-order valence-electron chi connectivity index (χ4n) is 1.48. The highest BCUT2D eigenvalue weighted by Gasteiger charge is 2.11. The SMILES string of the molecule is COCCOCCCCNc1ccncc1[N+](=O)[O-]. The van der Waals surface area contributed by atoms with Crippen molar-refractivity contribution in [2.24, 2.45) is 0 Å². The Balaban J connectivity index is 2.17. The zero-order valence-electron chi connectivity index (χ0n) is 11.0. The number of pyridine rings is 1. The van der Waals surface area contributed by atoms with Crippen LogP contribution in [0.15, 0.2) is 18.5 Å². The second kappa shape index (κ2) is 9.23. The lowest BCUT2D eigenvalue weighted by atomic mass is 10.3. The van der Waals surface area contributed by atoms with Gasteiger partial charge in [-0.2, -0.15) is 0 Å². The Morgan fingerprint density at radius 2 is 2.21 bits per heavy atom. The molecule has 0 unspecified atom stereocenters. The fraction of sp³-hybridized carbons (Fsp3) is 0.583. The summed E-state index contributed by atoms with van der Waals surface area (Å²) in [5.41, 5.74) is 0.499. The molecule has 1 aromatic heterocycles. The minimum absolute atomic E-state index is 0.00107. The van der Waals surface area contributed by atoms with Gasteiger partial charge in [-0.3, -0.25) is 15.1 Å². The van der Waals surface area contributed by atoms with E-state index in [1.54, 1.807) is 13.2 Å². The smallest absolute Gasteiger partial charge is 0.310 e. The number of nitrogens with zero attached hydrogens (tertiary/aromatic N) is 2. The van der Waals surface area contributed by atoms with E-state index in [-0.39, 0.29) is 5.69 Å². The summed E-state index contributed by atoms with van der Waals surface area (Å²) in [6.07, 6.45) is 4.56. The topological polar surface area (TPSA) is 86.5 Å². The summed E-state index contributed by atoms with van der Waals surface area (Å²) in [6, 6.07) is 1.60. The van der Waals surface area contributed by atoms with Crippen LogP contribution in [-0.2, 0) is 9.47 Å². The zero-order valence-corrected chi connectivity index (χ0v) is 11.0. The van der Waals surface area contributed by atoms with Crippen molar-refractivity contribution < 1.29 is 14.4 Å². The van der Waals surface area contributed by atoms with Crippen LogP contribution >= 0.6 is 0 Å². The lowest BCUT2D eigenvalue weighted by Gasteiger charge is -2.07. The standard InChI is InChI=1S/C12H19N3O4/c1-18-8-9-19-7-3-2-5-14-11-4-6-13-10-12(11)15(16)17/h4,6,10H,2-3,5,7-9H2,1H3,(H,13,14). The predicted octanol–water partition coefficient (Wildman–Crippen LogP) is 1.84. The van der Waals surface area contributed by atoms with Crippen molar-refractivity contribution in [2.75, 3.05) is 38.8 Å². The molecule has 7 heteroatoms. The highest BCUT2D eigenvalue weighted by Crippen LogP contribution is 2.21. The van der Waals surface area contributed by atoms with Gasteiger partial charge in [0.2, 0.25) is 0 Å². The van der Waals surface area contributed by atoms with E-state index in [0.29, 0.717) is 32.1 Å². The Hall–Kier alpha value is -1.73. The van der Waals surface area contributed by atoms with Crippen molar-refractivity contribution in [3.05, 3.63) is 28.6 Å². The average molecular weight is 269 g/mol. The second-order valence-electron chi connectivity index (χ2n) is 3.89. The number of hydrogen-bond donors (Lipinski definition) is 1. The summed E-state index contributed by atoms with van der Waals surface area (Å²) in [7, 11) is 1.63. The van der Waals surface area contributed by atoms with Crippen molar-refractivity contribution >= 4 is 11.4 Å². The Morgan fingerprint density at radius 1 is 1.37 bits per heavy atom. The van der Waals surface area contributed by atoms with Crippen LogP contribution in [0.3, 0.4) is 0 Å². The predicted molar refractivity (Wildman–Crippen MR) is 71.3 cm³/mol. The Bertz CT molecular complexity index is 387. The van der Waals surface area contributed by atoms with Crippen LogP contribution in [0.1, 0.15) is 12.8 Å². The van der Waals surface area contributed by atoms with Gasteiger partial charge in [0, 0.05) is 26.5 Å². The number of nitro groups is 1. The van der Waals surface area contributed by atoms with E-state index in [1.807, 2.05) is 0 Å². The van der Waals surface area contributed by atoms with Gasteiger partial charge in [0.1, 0.15) is 11.9 Å². The molecule has 1 N–H and O–H groups in total. The number of methoxy groups -OCH3 is 1. The molecule has 0 amide bonds. The fourth-order valence-corrected chi connectivity index (χ4v) is 1.48. The van der Waals surface area contributed by atoms with Crippen LogP contribution in [0.25, 0.3) is 0 Å². The normalized spacial score (nSPS) is 10.4. The summed E-state index contributed by atoms with van der Waals surface area (Å²) in [4.78, 5) is 14.0. The first-order chi connectivity index (χ1) is 9.25. The van der Waals surface area contributed by atoms with Gasteiger partial charge in [-0.05, 0) is 18.9 Å². The van der Waals surface area contributed by atoms with E-state index in [0.717, 1.165) is 12.8 Å². The van der Waals surface area contributed by atoms with E-state index >= 15 is 0 Å². The van der Waals surface area contributed by atoms with Crippen molar-refractivity contribution in [2.45, 2.75) is 12.8 Å². The molecule has 0 aliphatic carbocycles. The Kier molecular flexibility index (Phi) is 7.45. The number of ether oxygens (including phenoxy) is 2. The number of unbranched alkanes of at least 4 members (excludes halogenated alkanes) is 1. The van der Waals surface area contributed by atoms with Crippen molar-refractivity contribution in [3.63, 3.8) is 0 Å². The third-order valence-electron chi connectivity index (χ3n) is 2.46. The summed E-state index contributed by atoms with van der Waals surface area (Å²) >= 11 is 0. The molecule has 106 valence electrons. The van der Waals surface area contributed by atoms with Crippen LogP contribution in [-0.4, -0.2) is 43.4 Å². The molecule has 1 rings (SSSR count). The molecular weight excluding hydrogens is 250 g/mol. The second-order valence-corrected chi connectivity index (χ2v) is 3.89. The zero-order chi connectivity index (χ0) is 13.9. The molecule has 0 bridgehead atoms. The molecule has 1 aromatic rings. The maximum Gasteiger partial charge on any atom is 0.310 e. The molecule has 19 heavy (non-hydrogen) atoms. The summed E-state index contributed by atoms with van der Waals surface area (Å²) in [6.45, 7) is 2.53.